The molecule has 0 bridgehead atoms. The first kappa shape index (κ1) is 12.5. The molecule has 19 heavy (non-hydrogen) atoms. The molecule has 0 spiro atoms. The van der Waals surface area contributed by atoms with Gasteiger partial charge in [0.1, 0.15) is 0 Å². The molecule has 0 unspecified atom stereocenters. The first-order valence-electron chi connectivity index (χ1n) is 6.01. The van der Waals surface area contributed by atoms with E-state index in [1.165, 1.54) is 5.56 Å². The van der Waals surface area contributed by atoms with Crippen molar-refractivity contribution >= 4 is 39.4 Å². The lowest BCUT2D eigenvalue weighted by molar-refractivity contribution is 1.08. The van der Waals surface area contributed by atoms with Crippen LogP contribution >= 0.6 is 22.9 Å². The number of rotatable bonds is 3. The van der Waals surface area contributed by atoms with Crippen molar-refractivity contribution < 1.29 is 0 Å². The monoisotopic (exact) mass is 291 g/mol. The van der Waals surface area contributed by atoms with Crippen molar-refractivity contribution in [1.82, 2.24) is 9.38 Å². The second-order valence-electron chi connectivity index (χ2n) is 4.47. The van der Waals surface area contributed by atoms with Crippen LogP contribution in [0.4, 0.5) is 11.5 Å². The van der Waals surface area contributed by atoms with Crippen LogP contribution in [0.2, 0.25) is 0 Å². The molecule has 0 fully saturated rings. The summed E-state index contributed by atoms with van der Waals surface area (Å²) in [5.74, 6) is 1.37. The number of hydrogen-bond acceptors (Lipinski definition) is 3. The second kappa shape index (κ2) is 4.87. The molecule has 0 aliphatic rings. The Morgan fingerprint density at radius 2 is 2.26 bits per heavy atom. The molecule has 3 rings (SSSR count). The van der Waals surface area contributed by atoms with E-state index >= 15 is 0 Å². The third-order valence-electron chi connectivity index (χ3n) is 3.17. The Morgan fingerprint density at radius 1 is 1.42 bits per heavy atom. The zero-order chi connectivity index (χ0) is 13.4. The number of alkyl halides is 1. The van der Waals surface area contributed by atoms with E-state index in [0.717, 1.165) is 22.2 Å². The summed E-state index contributed by atoms with van der Waals surface area (Å²) in [6.45, 7) is 2.09. The van der Waals surface area contributed by atoms with E-state index in [0.29, 0.717) is 5.88 Å². The van der Waals surface area contributed by atoms with Gasteiger partial charge in [-0.15, -0.1) is 22.9 Å². The Labute approximate surface area is 121 Å². The van der Waals surface area contributed by atoms with Crippen LogP contribution in [-0.4, -0.2) is 16.4 Å². The number of thiazole rings is 1. The molecule has 1 aromatic carbocycles. The number of aromatic nitrogens is 2. The lowest BCUT2D eigenvalue weighted by atomic mass is 10.2. The van der Waals surface area contributed by atoms with Crippen molar-refractivity contribution in [3.8, 4) is 0 Å². The fraction of sp³-hybridized carbons (Fsp3) is 0.214. The number of fused-ring (bicyclic) bond motifs is 1. The van der Waals surface area contributed by atoms with Gasteiger partial charge in [0.05, 0.1) is 11.6 Å². The van der Waals surface area contributed by atoms with Crippen LogP contribution < -0.4 is 4.90 Å². The second-order valence-corrected chi connectivity index (χ2v) is 5.61. The predicted molar refractivity (Wildman–Crippen MR) is 81.9 cm³/mol. The van der Waals surface area contributed by atoms with Crippen molar-refractivity contribution in [3.63, 3.8) is 0 Å². The number of nitrogens with zero attached hydrogens (tertiary/aromatic N) is 3. The SMILES string of the molecule is Cc1cccc(N(C)c2nc3sccn3c2CCl)c1. The Balaban J connectivity index is 2.10. The standard InChI is InChI=1S/C14H14ClN3S/c1-10-4-3-5-11(8-10)17(2)13-12(9-15)18-6-7-19-14(18)16-13/h3-8H,9H2,1-2H3. The summed E-state index contributed by atoms with van der Waals surface area (Å²) in [5, 5.41) is 2.02. The van der Waals surface area contributed by atoms with E-state index in [1.54, 1.807) is 11.3 Å². The molecule has 5 heteroatoms. The minimum atomic E-state index is 0.448. The number of benzene rings is 1. The minimum absolute atomic E-state index is 0.448. The van der Waals surface area contributed by atoms with E-state index in [-0.39, 0.29) is 0 Å². The van der Waals surface area contributed by atoms with E-state index < -0.39 is 0 Å². The molecule has 0 amide bonds. The van der Waals surface area contributed by atoms with Crippen LogP contribution in [0.15, 0.2) is 35.8 Å². The number of anilines is 2. The zero-order valence-electron chi connectivity index (χ0n) is 10.8. The van der Waals surface area contributed by atoms with Gasteiger partial charge < -0.3 is 4.90 Å². The molecule has 0 radical (unpaired) electrons. The van der Waals surface area contributed by atoms with Crippen molar-refractivity contribution in [2.45, 2.75) is 12.8 Å². The van der Waals surface area contributed by atoms with Gasteiger partial charge in [-0.3, -0.25) is 4.40 Å². The Kier molecular flexibility index (Phi) is 3.21. The normalized spacial score (nSPS) is 11.1. The predicted octanol–water partition coefficient (Wildman–Crippen LogP) is 4.21. The van der Waals surface area contributed by atoms with Crippen LogP contribution in [0.5, 0.6) is 0 Å². The summed E-state index contributed by atoms with van der Waals surface area (Å²) in [6, 6.07) is 8.37. The maximum absolute atomic E-state index is 6.09. The lowest BCUT2D eigenvalue weighted by Gasteiger charge is -2.18. The molecule has 2 heterocycles. The van der Waals surface area contributed by atoms with Gasteiger partial charge >= 0.3 is 0 Å². The Morgan fingerprint density at radius 3 is 3.00 bits per heavy atom. The first-order valence-corrected chi connectivity index (χ1v) is 7.43. The summed E-state index contributed by atoms with van der Waals surface area (Å²) >= 11 is 7.71. The van der Waals surface area contributed by atoms with Crippen LogP contribution in [-0.2, 0) is 5.88 Å². The Hall–Kier alpha value is -1.52. The average Bonchev–Trinajstić information content (AvgIpc) is 2.97. The van der Waals surface area contributed by atoms with Gasteiger partial charge in [0.25, 0.3) is 0 Å². The highest BCUT2D eigenvalue weighted by Crippen LogP contribution is 2.30. The van der Waals surface area contributed by atoms with Gasteiger partial charge in [0, 0.05) is 24.3 Å². The molecule has 0 aliphatic carbocycles. The molecule has 3 aromatic rings. The van der Waals surface area contributed by atoms with Crippen LogP contribution in [0.25, 0.3) is 4.96 Å². The summed E-state index contributed by atoms with van der Waals surface area (Å²) in [6.07, 6.45) is 2.01. The molecule has 0 atom stereocenters. The van der Waals surface area contributed by atoms with Gasteiger partial charge in [-0.05, 0) is 24.6 Å². The van der Waals surface area contributed by atoms with E-state index in [2.05, 4.69) is 45.5 Å². The fourth-order valence-corrected chi connectivity index (χ4v) is 3.15. The van der Waals surface area contributed by atoms with E-state index in [1.807, 2.05) is 18.6 Å². The lowest BCUT2D eigenvalue weighted by Crippen LogP contribution is -2.12. The number of halogens is 1. The summed E-state index contributed by atoms with van der Waals surface area (Å²) in [4.78, 5) is 7.74. The van der Waals surface area contributed by atoms with Crippen molar-refractivity contribution in [2.24, 2.45) is 0 Å². The first-order chi connectivity index (χ1) is 9.20. The third kappa shape index (κ3) is 2.11. The highest BCUT2D eigenvalue weighted by molar-refractivity contribution is 7.15. The molecular formula is C14H14ClN3S. The van der Waals surface area contributed by atoms with E-state index in [9.17, 15) is 0 Å². The number of imidazole rings is 1. The van der Waals surface area contributed by atoms with Gasteiger partial charge in [-0.25, -0.2) is 4.98 Å². The number of hydrogen-bond donors (Lipinski definition) is 0. The highest BCUT2D eigenvalue weighted by Gasteiger charge is 2.16. The summed E-state index contributed by atoms with van der Waals surface area (Å²) in [7, 11) is 2.03. The largest absolute Gasteiger partial charge is 0.328 e. The van der Waals surface area contributed by atoms with Crippen LogP contribution in [0.3, 0.4) is 0 Å². The zero-order valence-corrected chi connectivity index (χ0v) is 12.4. The topological polar surface area (TPSA) is 20.5 Å². The minimum Gasteiger partial charge on any atom is -0.328 e. The quantitative estimate of drug-likeness (QED) is 0.674. The number of aryl methyl sites for hydroxylation is 1. The van der Waals surface area contributed by atoms with Crippen molar-refractivity contribution in [2.75, 3.05) is 11.9 Å². The molecule has 0 N–H and O–H groups in total. The molecule has 98 valence electrons. The fourth-order valence-electron chi connectivity index (χ4n) is 2.17. The van der Waals surface area contributed by atoms with Crippen molar-refractivity contribution in [1.29, 1.82) is 0 Å². The molecule has 0 saturated carbocycles. The van der Waals surface area contributed by atoms with Crippen LogP contribution in [0.1, 0.15) is 11.3 Å². The maximum Gasteiger partial charge on any atom is 0.195 e. The summed E-state index contributed by atoms with van der Waals surface area (Å²) in [5.41, 5.74) is 3.39. The van der Waals surface area contributed by atoms with Crippen LogP contribution in [0, 0.1) is 6.92 Å². The van der Waals surface area contributed by atoms with Gasteiger partial charge in [-0.2, -0.15) is 0 Å². The van der Waals surface area contributed by atoms with Crippen molar-refractivity contribution in [3.05, 3.63) is 47.1 Å². The maximum atomic E-state index is 6.09. The molecule has 2 aromatic heterocycles. The Bertz CT molecular complexity index is 716. The van der Waals surface area contributed by atoms with E-state index in [4.69, 9.17) is 11.6 Å². The van der Waals surface area contributed by atoms with Gasteiger partial charge in [0.15, 0.2) is 10.8 Å². The highest BCUT2D eigenvalue weighted by atomic mass is 35.5. The smallest absolute Gasteiger partial charge is 0.195 e. The molecule has 3 nitrogen and oxygen atoms in total. The molecular weight excluding hydrogens is 278 g/mol. The third-order valence-corrected chi connectivity index (χ3v) is 4.18. The van der Waals surface area contributed by atoms with Gasteiger partial charge in [0.2, 0.25) is 0 Å². The summed E-state index contributed by atoms with van der Waals surface area (Å²) < 4.78 is 2.05. The molecule has 0 aliphatic heterocycles. The van der Waals surface area contributed by atoms with Gasteiger partial charge in [-0.1, -0.05) is 12.1 Å². The molecule has 0 saturated heterocycles. The average molecular weight is 292 g/mol.